The van der Waals surface area contributed by atoms with Crippen molar-refractivity contribution in [1.82, 2.24) is 0 Å². The SMILES string of the molecule is S=C(c1ccc(Br)cc1)c1ccc(-c2ccccc2)cc1. The summed E-state index contributed by atoms with van der Waals surface area (Å²) in [4.78, 5) is 0.877. The van der Waals surface area contributed by atoms with Gasteiger partial charge in [0.1, 0.15) is 0 Å². The summed E-state index contributed by atoms with van der Waals surface area (Å²) < 4.78 is 1.06. The van der Waals surface area contributed by atoms with Crippen molar-refractivity contribution in [2.75, 3.05) is 0 Å². The molecule has 21 heavy (non-hydrogen) atoms. The van der Waals surface area contributed by atoms with Gasteiger partial charge < -0.3 is 0 Å². The van der Waals surface area contributed by atoms with Crippen LogP contribution in [0.5, 0.6) is 0 Å². The van der Waals surface area contributed by atoms with Crippen LogP contribution in [0.4, 0.5) is 0 Å². The summed E-state index contributed by atoms with van der Waals surface area (Å²) in [6, 6.07) is 26.9. The molecule has 0 aromatic heterocycles. The second kappa shape index (κ2) is 6.33. The molecule has 0 radical (unpaired) electrons. The second-order valence-corrected chi connectivity index (χ2v) is 6.10. The highest BCUT2D eigenvalue weighted by Crippen LogP contribution is 2.21. The fraction of sp³-hybridized carbons (Fsp3) is 0. The van der Waals surface area contributed by atoms with Crippen molar-refractivity contribution in [3.05, 3.63) is 94.5 Å². The summed E-state index contributed by atoms with van der Waals surface area (Å²) in [6.07, 6.45) is 0. The molecule has 0 saturated carbocycles. The van der Waals surface area contributed by atoms with Gasteiger partial charge in [0, 0.05) is 4.47 Å². The maximum absolute atomic E-state index is 5.57. The molecule has 0 N–H and O–H groups in total. The lowest BCUT2D eigenvalue weighted by Gasteiger charge is -2.07. The van der Waals surface area contributed by atoms with E-state index in [1.165, 1.54) is 11.1 Å². The lowest BCUT2D eigenvalue weighted by atomic mass is 10.0. The zero-order chi connectivity index (χ0) is 14.7. The molecule has 0 amide bonds. The van der Waals surface area contributed by atoms with Crippen molar-refractivity contribution in [1.29, 1.82) is 0 Å². The predicted octanol–water partition coefficient (Wildman–Crippen LogP) is 5.88. The van der Waals surface area contributed by atoms with Crippen molar-refractivity contribution >= 4 is 33.0 Å². The van der Waals surface area contributed by atoms with Gasteiger partial charge in [0.2, 0.25) is 0 Å². The Morgan fingerprint density at radius 1 is 0.619 bits per heavy atom. The third-order valence-corrected chi connectivity index (χ3v) is 4.36. The monoisotopic (exact) mass is 352 g/mol. The van der Waals surface area contributed by atoms with Crippen LogP contribution < -0.4 is 0 Å². The van der Waals surface area contributed by atoms with Crippen LogP contribution in [0.1, 0.15) is 11.1 Å². The fourth-order valence-electron chi connectivity index (χ4n) is 2.21. The Hall–Kier alpha value is -1.77. The molecule has 0 atom stereocenters. The van der Waals surface area contributed by atoms with E-state index in [0.29, 0.717) is 0 Å². The molecule has 0 bridgehead atoms. The minimum Gasteiger partial charge on any atom is -0.0788 e. The molecular formula is C19H13BrS. The lowest BCUT2D eigenvalue weighted by molar-refractivity contribution is 1.58. The molecule has 2 heteroatoms. The molecular weight excluding hydrogens is 340 g/mol. The molecule has 3 aromatic carbocycles. The minimum atomic E-state index is 0.877. The molecule has 3 rings (SSSR count). The number of halogens is 1. The number of thiocarbonyl (C=S) groups is 1. The lowest BCUT2D eigenvalue weighted by Crippen LogP contribution is -1.99. The Bertz CT molecular complexity index is 744. The predicted molar refractivity (Wildman–Crippen MR) is 96.8 cm³/mol. The number of benzene rings is 3. The zero-order valence-corrected chi connectivity index (χ0v) is 13.7. The van der Waals surface area contributed by atoms with E-state index < -0.39 is 0 Å². The summed E-state index contributed by atoms with van der Waals surface area (Å²) in [6.45, 7) is 0. The van der Waals surface area contributed by atoms with E-state index in [9.17, 15) is 0 Å². The topological polar surface area (TPSA) is 0 Å². The first-order chi connectivity index (χ1) is 10.2. The molecule has 0 spiro atoms. The highest BCUT2D eigenvalue weighted by atomic mass is 79.9. The van der Waals surface area contributed by atoms with Gasteiger partial charge in [-0.15, -0.1) is 0 Å². The Morgan fingerprint density at radius 2 is 1.10 bits per heavy atom. The smallest absolute Gasteiger partial charge is 0.0521 e. The zero-order valence-electron chi connectivity index (χ0n) is 11.3. The first kappa shape index (κ1) is 14.2. The van der Waals surface area contributed by atoms with E-state index in [1.54, 1.807) is 0 Å². The normalized spacial score (nSPS) is 10.3. The molecule has 0 aliphatic heterocycles. The van der Waals surface area contributed by atoms with Crippen molar-refractivity contribution in [3.63, 3.8) is 0 Å². The van der Waals surface area contributed by atoms with E-state index in [-0.39, 0.29) is 0 Å². The molecule has 0 saturated heterocycles. The van der Waals surface area contributed by atoms with E-state index in [1.807, 2.05) is 30.3 Å². The summed E-state index contributed by atoms with van der Waals surface area (Å²) >= 11 is 9.02. The highest BCUT2D eigenvalue weighted by Gasteiger charge is 2.05. The van der Waals surface area contributed by atoms with E-state index in [2.05, 4.69) is 64.5 Å². The standard InChI is InChI=1S/C19H13BrS/c20-18-12-10-17(11-13-18)19(21)16-8-6-15(7-9-16)14-4-2-1-3-5-14/h1-13H. The third-order valence-electron chi connectivity index (χ3n) is 3.36. The summed E-state index contributed by atoms with van der Waals surface area (Å²) in [5.74, 6) is 0. The van der Waals surface area contributed by atoms with Gasteiger partial charge in [0.25, 0.3) is 0 Å². The van der Waals surface area contributed by atoms with Gasteiger partial charge in [-0.1, -0.05) is 94.9 Å². The Morgan fingerprint density at radius 3 is 1.67 bits per heavy atom. The average molecular weight is 353 g/mol. The molecule has 3 aromatic rings. The Labute approximate surface area is 138 Å². The van der Waals surface area contributed by atoms with Crippen molar-refractivity contribution in [2.45, 2.75) is 0 Å². The van der Waals surface area contributed by atoms with Crippen LogP contribution in [-0.4, -0.2) is 4.86 Å². The fourth-order valence-corrected chi connectivity index (χ4v) is 2.75. The van der Waals surface area contributed by atoms with E-state index in [4.69, 9.17) is 12.2 Å². The quantitative estimate of drug-likeness (QED) is 0.418. The average Bonchev–Trinajstić information content (AvgIpc) is 2.56. The van der Waals surface area contributed by atoms with Crippen molar-refractivity contribution in [3.8, 4) is 11.1 Å². The van der Waals surface area contributed by atoms with Gasteiger partial charge in [-0.05, 0) is 34.4 Å². The van der Waals surface area contributed by atoms with Gasteiger partial charge in [-0.25, -0.2) is 0 Å². The van der Waals surface area contributed by atoms with Gasteiger partial charge in [-0.3, -0.25) is 0 Å². The van der Waals surface area contributed by atoms with Crippen LogP contribution in [0.25, 0.3) is 11.1 Å². The van der Waals surface area contributed by atoms with Crippen LogP contribution in [0.2, 0.25) is 0 Å². The first-order valence-electron chi connectivity index (χ1n) is 6.70. The summed E-state index contributed by atoms with van der Waals surface area (Å²) in [5, 5.41) is 0. The first-order valence-corrected chi connectivity index (χ1v) is 7.90. The second-order valence-electron chi connectivity index (χ2n) is 4.78. The van der Waals surface area contributed by atoms with Crippen LogP contribution in [-0.2, 0) is 0 Å². The van der Waals surface area contributed by atoms with Gasteiger partial charge in [0.15, 0.2) is 0 Å². The molecule has 0 heterocycles. The maximum Gasteiger partial charge on any atom is 0.0521 e. The molecule has 102 valence electrons. The number of rotatable bonds is 3. The Balaban J connectivity index is 1.87. The summed E-state index contributed by atoms with van der Waals surface area (Å²) in [7, 11) is 0. The van der Waals surface area contributed by atoms with Crippen LogP contribution >= 0.6 is 28.1 Å². The maximum atomic E-state index is 5.57. The molecule has 0 unspecified atom stereocenters. The molecule has 0 fully saturated rings. The van der Waals surface area contributed by atoms with Crippen LogP contribution in [0, 0.1) is 0 Å². The molecule has 0 aliphatic carbocycles. The third kappa shape index (κ3) is 3.29. The van der Waals surface area contributed by atoms with Crippen LogP contribution in [0.3, 0.4) is 0 Å². The van der Waals surface area contributed by atoms with Gasteiger partial charge >= 0.3 is 0 Å². The van der Waals surface area contributed by atoms with E-state index >= 15 is 0 Å². The summed E-state index contributed by atoms with van der Waals surface area (Å²) in [5.41, 5.74) is 4.57. The van der Waals surface area contributed by atoms with Crippen molar-refractivity contribution < 1.29 is 0 Å². The molecule has 0 aliphatic rings. The van der Waals surface area contributed by atoms with Crippen molar-refractivity contribution in [2.24, 2.45) is 0 Å². The van der Waals surface area contributed by atoms with E-state index in [0.717, 1.165) is 20.5 Å². The largest absolute Gasteiger partial charge is 0.0788 e. The minimum absolute atomic E-state index is 0.877. The highest BCUT2D eigenvalue weighted by molar-refractivity contribution is 9.10. The van der Waals surface area contributed by atoms with Gasteiger partial charge in [-0.2, -0.15) is 0 Å². The van der Waals surface area contributed by atoms with Gasteiger partial charge in [0.05, 0.1) is 4.86 Å². The number of hydrogen-bond acceptors (Lipinski definition) is 1. The number of hydrogen-bond donors (Lipinski definition) is 0. The van der Waals surface area contributed by atoms with Crippen LogP contribution in [0.15, 0.2) is 83.3 Å². The molecule has 0 nitrogen and oxygen atoms in total. The Kier molecular flexibility index (Phi) is 4.28.